The van der Waals surface area contributed by atoms with Crippen molar-refractivity contribution >= 4 is 5.91 Å². The molecule has 0 aliphatic rings. The quantitative estimate of drug-likeness (QED) is 0.841. The molecule has 1 aromatic carbocycles. The first-order valence-corrected chi connectivity index (χ1v) is 6.58. The predicted molar refractivity (Wildman–Crippen MR) is 74.9 cm³/mol. The Morgan fingerprint density at radius 1 is 1.39 bits per heavy atom. The fourth-order valence-electron chi connectivity index (χ4n) is 1.82. The number of nitrogens with zero attached hydrogens (tertiary/aromatic N) is 1. The lowest BCUT2D eigenvalue weighted by Crippen LogP contribution is -2.27. The van der Waals surface area contributed by atoms with Crippen LogP contribution in [0.15, 0.2) is 24.3 Å². The molecule has 0 saturated heterocycles. The Morgan fingerprint density at radius 2 is 2.06 bits per heavy atom. The van der Waals surface area contributed by atoms with Crippen LogP contribution >= 0.6 is 0 Å². The summed E-state index contributed by atoms with van der Waals surface area (Å²) in [5.41, 5.74) is 7.86. The van der Waals surface area contributed by atoms with Gasteiger partial charge in [0.15, 0.2) is 0 Å². The van der Waals surface area contributed by atoms with E-state index < -0.39 is 0 Å². The number of amides is 1. The summed E-state index contributed by atoms with van der Waals surface area (Å²) in [4.78, 5) is 13.8. The Labute approximate surface area is 110 Å². The molecule has 0 heterocycles. The lowest BCUT2D eigenvalue weighted by Gasteiger charge is -2.19. The fraction of sp³-hybridized carbons (Fsp3) is 0.533. The predicted octanol–water partition coefficient (Wildman–Crippen LogP) is 2.54. The van der Waals surface area contributed by atoms with Crippen LogP contribution in [-0.2, 0) is 17.9 Å². The van der Waals surface area contributed by atoms with Gasteiger partial charge in [-0.2, -0.15) is 0 Å². The van der Waals surface area contributed by atoms with Crippen LogP contribution in [0.4, 0.5) is 0 Å². The van der Waals surface area contributed by atoms with E-state index in [1.807, 2.05) is 25.2 Å². The van der Waals surface area contributed by atoms with Crippen molar-refractivity contribution in [1.82, 2.24) is 4.90 Å². The second-order valence-corrected chi connectivity index (χ2v) is 4.99. The van der Waals surface area contributed by atoms with Gasteiger partial charge >= 0.3 is 0 Å². The Balaban J connectivity index is 2.57. The molecule has 3 nitrogen and oxygen atoms in total. The van der Waals surface area contributed by atoms with Gasteiger partial charge in [0.25, 0.3) is 0 Å². The molecule has 1 rings (SSSR count). The van der Waals surface area contributed by atoms with E-state index in [1.165, 1.54) is 0 Å². The Bertz CT molecular complexity index is 390. The average Bonchev–Trinajstić information content (AvgIpc) is 2.38. The first-order chi connectivity index (χ1) is 8.56. The van der Waals surface area contributed by atoms with E-state index in [2.05, 4.69) is 19.9 Å². The van der Waals surface area contributed by atoms with Crippen LogP contribution in [0.1, 0.15) is 37.8 Å². The molecule has 1 aromatic rings. The lowest BCUT2D eigenvalue weighted by molar-refractivity contribution is -0.131. The zero-order valence-electron chi connectivity index (χ0n) is 11.6. The molecule has 0 aromatic heterocycles. The zero-order valence-corrected chi connectivity index (χ0v) is 11.6. The van der Waals surface area contributed by atoms with Gasteiger partial charge in [-0.15, -0.1) is 0 Å². The van der Waals surface area contributed by atoms with Crippen LogP contribution in [-0.4, -0.2) is 17.9 Å². The minimum atomic E-state index is 0.211. The molecule has 1 amide bonds. The SMILES string of the molecule is CCC(C)CC(=O)N(C)Cc1cccc(CN)c1. The minimum absolute atomic E-state index is 0.211. The molecule has 0 radical (unpaired) electrons. The molecule has 0 aliphatic carbocycles. The third kappa shape index (κ3) is 4.49. The van der Waals surface area contributed by atoms with Crippen LogP contribution in [0.25, 0.3) is 0 Å². The van der Waals surface area contributed by atoms with Crippen molar-refractivity contribution in [2.45, 2.75) is 39.8 Å². The highest BCUT2D eigenvalue weighted by Gasteiger charge is 2.12. The molecule has 3 heteroatoms. The first kappa shape index (κ1) is 14.7. The molecular formula is C15H24N2O. The van der Waals surface area contributed by atoms with Gasteiger partial charge in [0.1, 0.15) is 0 Å². The summed E-state index contributed by atoms with van der Waals surface area (Å²) >= 11 is 0. The van der Waals surface area contributed by atoms with Crippen molar-refractivity contribution in [2.24, 2.45) is 11.7 Å². The number of benzene rings is 1. The summed E-state index contributed by atoms with van der Waals surface area (Å²) in [6.45, 7) is 5.42. The van der Waals surface area contributed by atoms with E-state index in [1.54, 1.807) is 4.90 Å². The molecule has 100 valence electrons. The number of nitrogens with two attached hydrogens (primary N) is 1. The largest absolute Gasteiger partial charge is 0.341 e. The van der Waals surface area contributed by atoms with Gasteiger partial charge in [0, 0.05) is 26.6 Å². The first-order valence-electron chi connectivity index (χ1n) is 6.58. The summed E-state index contributed by atoms with van der Waals surface area (Å²) < 4.78 is 0. The van der Waals surface area contributed by atoms with Gasteiger partial charge in [-0.1, -0.05) is 44.5 Å². The summed E-state index contributed by atoms with van der Waals surface area (Å²) in [5, 5.41) is 0. The summed E-state index contributed by atoms with van der Waals surface area (Å²) in [7, 11) is 1.86. The molecule has 2 N–H and O–H groups in total. The fourth-order valence-corrected chi connectivity index (χ4v) is 1.82. The number of rotatable bonds is 6. The van der Waals surface area contributed by atoms with E-state index in [9.17, 15) is 4.79 Å². The Morgan fingerprint density at radius 3 is 2.67 bits per heavy atom. The summed E-state index contributed by atoms with van der Waals surface area (Å²) in [5.74, 6) is 0.665. The second-order valence-electron chi connectivity index (χ2n) is 4.99. The van der Waals surface area contributed by atoms with Gasteiger partial charge in [0.2, 0.25) is 5.91 Å². The van der Waals surface area contributed by atoms with Crippen LogP contribution in [0.3, 0.4) is 0 Å². The van der Waals surface area contributed by atoms with E-state index >= 15 is 0 Å². The summed E-state index contributed by atoms with van der Waals surface area (Å²) in [6, 6.07) is 8.09. The van der Waals surface area contributed by atoms with E-state index in [4.69, 9.17) is 5.73 Å². The molecule has 18 heavy (non-hydrogen) atoms. The van der Waals surface area contributed by atoms with Gasteiger partial charge in [0.05, 0.1) is 0 Å². The van der Waals surface area contributed by atoms with Gasteiger partial charge in [-0.05, 0) is 17.0 Å². The topological polar surface area (TPSA) is 46.3 Å². The van der Waals surface area contributed by atoms with Crippen LogP contribution in [0, 0.1) is 5.92 Å². The molecule has 1 atom stereocenters. The maximum Gasteiger partial charge on any atom is 0.222 e. The van der Waals surface area contributed by atoms with Crippen LogP contribution < -0.4 is 5.73 Å². The van der Waals surface area contributed by atoms with Gasteiger partial charge in [-0.25, -0.2) is 0 Å². The van der Waals surface area contributed by atoms with Crippen molar-refractivity contribution in [2.75, 3.05) is 7.05 Å². The van der Waals surface area contributed by atoms with Crippen molar-refractivity contribution in [1.29, 1.82) is 0 Å². The minimum Gasteiger partial charge on any atom is -0.341 e. The number of carbonyl (C=O) groups is 1. The van der Waals surface area contributed by atoms with Crippen molar-refractivity contribution in [3.8, 4) is 0 Å². The highest BCUT2D eigenvalue weighted by Crippen LogP contribution is 2.11. The van der Waals surface area contributed by atoms with Crippen LogP contribution in [0.5, 0.6) is 0 Å². The maximum atomic E-state index is 12.0. The molecule has 0 aliphatic heterocycles. The monoisotopic (exact) mass is 248 g/mol. The standard InChI is InChI=1S/C15H24N2O/c1-4-12(2)8-15(18)17(3)11-14-7-5-6-13(9-14)10-16/h5-7,9,12H,4,8,10-11,16H2,1-3H3. The third-order valence-electron chi connectivity index (χ3n) is 3.29. The smallest absolute Gasteiger partial charge is 0.222 e. The van der Waals surface area contributed by atoms with Crippen molar-refractivity contribution in [3.05, 3.63) is 35.4 Å². The second kappa shape index (κ2) is 7.17. The zero-order chi connectivity index (χ0) is 13.5. The highest BCUT2D eigenvalue weighted by molar-refractivity contribution is 5.76. The normalized spacial score (nSPS) is 12.2. The molecule has 0 fully saturated rings. The number of hydrogen-bond acceptors (Lipinski definition) is 2. The van der Waals surface area contributed by atoms with Gasteiger partial charge < -0.3 is 10.6 Å². The Hall–Kier alpha value is -1.35. The molecule has 1 unspecified atom stereocenters. The lowest BCUT2D eigenvalue weighted by atomic mass is 10.0. The van der Waals surface area contributed by atoms with Crippen molar-refractivity contribution in [3.63, 3.8) is 0 Å². The van der Waals surface area contributed by atoms with E-state index in [-0.39, 0.29) is 5.91 Å². The number of carbonyl (C=O) groups excluding carboxylic acids is 1. The van der Waals surface area contributed by atoms with E-state index in [0.717, 1.165) is 17.5 Å². The van der Waals surface area contributed by atoms with E-state index in [0.29, 0.717) is 25.4 Å². The number of hydrogen-bond donors (Lipinski definition) is 1. The van der Waals surface area contributed by atoms with Gasteiger partial charge in [-0.3, -0.25) is 4.79 Å². The third-order valence-corrected chi connectivity index (χ3v) is 3.29. The van der Waals surface area contributed by atoms with Crippen molar-refractivity contribution < 1.29 is 4.79 Å². The molecule has 0 bridgehead atoms. The average molecular weight is 248 g/mol. The highest BCUT2D eigenvalue weighted by atomic mass is 16.2. The molecular weight excluding hydrogens is 224 g/mol. The molecule has 0 spiro atoms. The van der Waals surface area contributed by atoms with Crippen LogP contribution in [0.2, 0.25) is 0 Å². The maximum absolute atomic E-state index is 12.0. The summed E-state index contributed by atoms with van der Waals surface area (Å²) in [6.07, 6.45) is 1.67. The molecule has 0 saturated carbocycles. The Kier molecular flexibility index (Phi) is 5.86.